The number of benzene rings is 1. The molecule has 94 valence electrons. The molecule has 1 heterocycles. The van der Waals surface area contributed by atoms with Gasteiger partial charge in [-0.1, -0.05) is 12.1 Å². The lowest BCUT2D eigenvalue weighted by Gasteiger charge is -2.20. The lowest BCUT2D eigenvalue weighted by Crippen LogP contribution is -2.25. The van der Waals surface area contributed by atoms with E-state index in [1.54, 1.807) is 7.11 Å². The smallest absolute Gasteiger partial charge is 0.163 e. The summed E-state index contributed by atoms with van der Waals surface area (Å²) in [7, 11) is 1.61. The average Bonchev–Trinajstić information content (AvgIpc) is 2.69. The van der Waals surface area contributed by atoms with Crippen molar-refractivity contribution >= 4 is 0 Å². The van der Waals surface area contributed by atoms with E-state index in [1.165, 1.54) is 0 Å². The molecule has 0 unspecified atom stereocenters. The molecular formula is C13H18O4. The fourth-order valence-electron chi connectivity index (χ4n) is 1.89. The first-order chi connectivity index (χ1) is 8.02. The summed E-state index contributed by atoms with van der Waals surface area (Å²) in [6.45, 7) is 4.08. The van der Waals surface area contributed by atoms with Gasteiger partial charge in [-0.25, -0.2) is 0 Å². The summed E-state index contributed by atoms with van der Waals surface area (Å²) in [6.07, 6.45) is -0.999. The van der Waals surface area contributed by atoms with Gasteiger partial charge in [0.1, 0.15) is 18.0 Å². The van der Waals surface area contributed by atoms with Crippen molar-refractivity contribution in [1.82, 2.24) is 0 Å². The Bertz CT molecular complexity index is 372. The molecule has 0 bridgehead atoms. The van der Waals surface area contributed by atoms with Crippen LogP contribution in [0.2, 0.25) is 0 Å². The predicted octanol–water partition coefficient (Wildman–Crippen LogP) is 1.88. The van der Waals surface area contributed by atoms with Crippen molar-refractivity contribution < 1.29 is 19.3 Å². The van der Waals surface area contributed by atoms with Gasteiger partial charge in [-0.2, -0.15) is 0 Å². The molecule has 0 saturated carbocycles. The maximum atomic E-state index is 10.2. The maximum absolute atomic E-state index is 10.2. The Labute approximate surface area is 101 Å². The van der Waals surface area contributed by atoms with Gasteiger partial charge in [-0.05, 0) is 31.5 Å². The number of aliphatic hydroxyl groups excluding tert-OH is 1. The van der Waals surface area contributed by atoms with Crippen LogP contribution in [0.4, 0.5) is 0 Å². The number of methoxy groups -OCH3 is 1. The normalized spacial score (nSPS) is 24.6. The van der Waals surface area contributed by atoms with Gasteiger partial charge in [0.25, 0.3) is 0 Å². The summed E-state index contributed by atoms with van der Waals surface area (Å²) in [6, 6.07) is 7.30. The van der Waals surface area contributed by atoms with Crippen molar-refractivity contribution in [3.63, 3.8) is 0 Å². The van der Waals surface area contributed by atoms with Crippen molar-refractivity contribution in [2.75, 3.05) is 13.7 Å². The fraction of sp³-hybridized carbons (Fsp3) is 0.538. The molecule has 4 heteroatoms. The molecule has 0 aliphatic carbocycles. The van der Waals surface area contributed by atoms with Crippen molar-refractivity contribution in [3.8, 4) is 5.75 Å². The third-order valence-corrected chi connectivity index (χ3v) is 2.84. The molecule has 0 spiro atoms. The van der Waals surface area contributed by atoms with Gasteiger partial charge in [0.05, 0.1) is 13.7 Å². The molecule has 2 atom stereocenters. The summed E-state index contributed by atoms with van der Waals surface area (Å²) in [5, 5.41) is 10.2. The lowest BCUT2D eigenvalue weighted by molar-refractivity contribution is -0.151. The number of rotatable bonds is 3. The molecule has 2 rings (SSSR count). The van der Waals surface area contributed by atoms with E-state index >= 15 is 0 Å². The standard InChI is InChI=1S/C13H18O4/c1-13(2)16-8-11(17-13)12(14)9-4-6-10(15-3)7-5-9/h4-7,11-12,14H,8H2,1-3H3/t11-,12-/m1/s1. The van der Waals surface area contributed by atoms with E-state index in [4.69, 9.17) is 14.2 Å². The van der Waals surface area contributed by atoms with Crippen LogP contribution in [-0.2, 0) is 9.47 Å². The summed E-state index contributed by atoms with van der Waals surface area (Å²) in [5.74, 6) is 0.155. The quantitative estimate of drug-likeness (QED) is 0.873. The minimum absolute atomic E-state index is 0.321. The Hall–Kier alpha value is -1.10. The number of hydrogen-bond acceptors (Lipinski definition) is 4. The van der Waals surface area contributed by atoms with Crippen LogP contribution >= 0.6 is 0 Å². The molecule has 1 aromatic rings. The van der Waals surface area contributed by atoms with E-state index in [0.717, 1.165) is 11.3 Å². The second-order valence-corrected chi connectivity index (χ2v) is 4.59. The van der Waals surface area contributed by atoms with E-state index in [2.05, 4.69) is 0 Å². The Morgan fingerprint density at radius 3 is 2.47 bits per heavy atom. The van der Waals surface area contributed by atoms with Crippen LogP contribution in [0.1, 0.15) is 25.5 Å². The Kier molecular flexibility index (Phi) is 3.38. The minimum atomic E-state index is -0.678. The molecule has 1 aliphatic rings. The zero-order valence-electron chi connectivity index (χ0n) is 10.3. The highest BCUT2D eigenvalue weighted by atomic mass is 16.7. The van der Waals surface area contributed by atoms with Crippen molar-refractivity contribution in [2.45, 2.75) is 31.8 Å². The maximum Gasteiger partial charge on any atom is 0.163 e. The highest BCUT2D eigenvalue weighted by Gasteiger charge is 2.37. The SMILES string of the molecule is COc1ccc([C@@H](O)[C@H]2COC(C)(C)O2)cc1. The second kappa shape index (κ2) is 4.64. The first-order valence-corrected chi connectivity index (χ1v) is 5.65. The monoisotopic (exact) mass is 238 g/mol. The summed E-state index contributed by atoms with van der Waals surface area (Å²) < 4.78 is 16.1. The van der Waals surface area contributed by atoms with Gasteiger partial charge in [0.2, 0.25) is 0 Å². The number of hydrogen-bond donors (Lipinski definition) is 1. The van der Waals surface area contributed by atoms with Gasteiger partial charge in [0.15, 0.2) is 5.79 Å². The first kappa shape index (κ1) is 12.4. The second-order valence-electron chi connectivity index (χ2n) is 4.59. The van der Waals surface area contributed by atoms with E-state index in [-0.39, 0.29) is 6.10 Å². The van der Waals surface area contributed by atoms with Gasteiger partial charge < -0.3 is 19.3 Å². The van der Waals surface area contributed by atoms with Crippen LogP contribution in [0.25, 0.3) is 0 Å². The van der Waals surface area contributed by atoms with Crippen molar-refractivity contribution in [2.24, 2.45) is 0 Å². The summed E-state index contributed by atoms with van der Waals surface area (Å²) >= 11 is 0. The molecule has 1 aliphatic heterocycles. The highest BCUT2D eigenvalue weighted by molar-refractivity contribution is 5.29. The van der Waals surface area contributed by atoms with Crippen LogP contribution in [0, 0.1) is 0 Å². The fourth-order valence-corrected chi connectivity index (χ4v) is 1.89. The third kappa shape index (κ3) is 2.77. The molecule has 0 amide bonds. The van der Waals surface area contributed by atoms with Gasteiger partial charge in [-0.3, -0.25) is 0 Å². The number of ether oxygens (including phenoxy) is 3. The molecule has 0 aromatic heterocycles. The summed E-state index contributed by atoms with van der Waals surface area (Å²) in [4.78, 5) is 0. The molecule has 1 aromatic carbocycles. The zero-order chi connectivity index (χ0) is 12.5. The van der Waals surface area contributed by atoms with Crippen LogP contribution in [0.3, 0.4) is 0 Å². The van der Waals surface area contributed by atoms with Crippen molar-refractivity contribution in [3.05, 3.63) is 29.8 Å². The van der Waals surface area contributed by atoms with E-state index in [1.807, 2.05) is 38.1 Å². The Morgan fingerprint density at radius 2 is 2.00 bits per heavy atom. The highest BCUT2D eigenvalue weighted by Crippen LogP contribution is 2.31. The van der Waals surface area contributed by atoms with Gasteiger partial charge in [0, 0.05) is 0 Å². The van der Waals surface area contributed by atoms with Crippen molar-refractivity contribution in [1.29, 1.82) is 0 Å². The minimum Gasteiger partial charge on any atom is -0.497 e. The Morgan fingerprint density at radius 1 is 1.35 bits per heavy atom. The molecule has 1 N–H and O–H groups in total. The van der Waals surface area contributed by atoms with Gasteiger partial charge >= 0.3 is 0 Å². The van der Waals surface area contributed by atoms with Crippen LogP contribution in [-0.4, -0.2) is 30.7 Å². The summed E-state index contributed by atoms with van der Waals surface area (Å²) in [5.41, 5.74) is 0.803. The third-order valence-electron chi connectivity index (χ3n) is 2.84. The van der Waals surface area contributed by atoms with E-state index in [9.17, 15) is 5.11 Å². The number of aliphatic hydroxyl groups is 1. The lowest BCUT2D eigenvalue weighted by atomic mass is 10.0. The molecule has 17 heavy (non-hydrogen) atoms. The molecular weight excluding hydrogens is 220 g/mol. The first-order valence-electron chi connectivity index (χ1n) is 5.65. The molecule has 1 saturated heterocycles. The predicted molar refractivity (Wildman–Crippen MR) is 62.9 cm³/mol. The zero-order valence-corrected chi connectivity index (χ0v) is 10.3. The topological polar surface area (TPSA) is 47.9 Å². The van der Waals surface area contributed by atoms with Crippen LogP contribution in [0.5, 0.6) is 5.75 Å². The van der Waals surface area contributed by atoms with E-state index in [0.29, 0.717) is 6.61 Å². The molecule has 0 radical (unpaired) electrons. The van der Waals surface area contributed by atoms with Crippen LogP contribution in [0.15, 0.2) is 24.3 Å². The van der Waals surface area contributed by atoms with Gasteiger partial charge in [-0.15, -0.1) is 0 Å². The van der Waals surface area contributed by atoms with E-state index < -0.39 is 11.9 Å². The average molecular weight is 238 g/mol. The molecule has 1 fully saturated rings. The Balaban J connectivity index is 2.06. The van der Waals surface area contributed by atoms with Crippen LogP contribution < -0.4 is 4.74 Å². The molecule has 4 nitrogen and oxygen atoms in total. The largest absolute Gasteiger partial charge is 0.497 e.